The molecular formula is C18H23NOS. The summed E-state index contributed by atoms with van der Waals surface area (Å²) in [6.45, 7) is 2.23. The lowest BCUT2D eigenvalue weighted by atomic mass is 9.97. The molecule has 0 saturated heterocycles. The summed E-state index contributed by atoms with van der Waals surface area (Å²) in [6.07, 6.45) is 3.28. The van der Waals surface area contributed by atoms with Gasteiger partial charge in [0.2, 0.25) is 0 Å². The molecule has 0 bridgehead atoms. The fraction of sp³-hybridized carbons (Fsp3) is 0.333. The Hall–Kier alpha value is -1.45. The molecule has 2 aromatic carbocycles. The minimum atomic E-state index is 0.156. The first kappa shape index (κ1) is 15.9. The average Bonchev–Trinajstić information content (AvgIpc) is 2.52. The molecular weight excluding hydrogens is 278 g/mol. The normalized spacial score (nSPS) is 13.8. The molecule has 21 heavy (non-hydrogen) atoms. The van der Waals surface area contributed by atoms with Crippen molar-refractivity contribution >= 4 is 11.8 Å². The number of phenolic OH excluding ortho intramolecular Hbond substituents is 1. The molecule has 0 amide bonds. The quantitative estimate of drug-likeness (QED) is 0.803. The summed E-state index contributed by atoms with van der Waals surface area (Å²) in [7, 11) is 0. The molecule has 0 aromatic heterocycles. The van der Waals surface area contributed by atoms with Crippen LogP contribution in [-0.2, 0) is 0 Å². The molecule has 0 radical (unpaired) electrons. The molecule has 3 heteroatoms. The smallest absolute Gasteiger partial charge is 0.115 e. The zero-order chi connectivity index (χ0) is 15.1. The summed E-state index contributed by atoms with van der Waals surface area (Å²) in [5.41, 5.74) is 2.43. The van der Waals surface area contributed by atoms with Gasteiger partial charge in [0.05, 0.1) is 6.04 Å². The number of benzene rings is 2. The van der Waals surface area contributed by atoms with Crippen molar-refractivity contribution in [1.82, 2.24) is 5.32 Å². The zero-order valence-electron chi connectivity index (χ0n) is 12.6. The third kappa shape index (κ3) is 4.80. The van der Waals surface area contributed by atoms with Gasteiger partial charge in [0, 0.05) is 6.04 Å². The number of thioether (sulfide) groups is 1. The molecule has 2 aromatic rings. The molecule has 0 heterocycles. The van der Waals surface area contributed by atoms with Gasteiger partial charge in [-0.2, -0.15) is 11.8 Å². The summed E-state index contributed by atoms with van der Waals surface area (Å²) < 4.78 is 0. The highest BCUT2D eigenvalue weighted by atomic mass is 32.2. The van der Waals surface area contributed by atoms with E-state index in [4.69, 9.17) is 0 Å². The Morgan fingerprint density at radius 2 is 1.62 bits per heavy atom. The van der Waals surface area contributed by atoms with Crippen molar-refractivity contribution in [2.24, 2.45) is 0 Å². The number of phenols is 1. The van der Waals surface area contributed by atoms with Crippen molar-refractivity contribution in [2.45, 2.75) is 25.4 Å². The predicted molar refractivity (Wildman–Crippen MR) is 92.0 cm³/mol. The van der Waals surface area contributed by atoms with Crippen molar-refractivity contribution in [2.75, 3.05) is 12.0 Å². The maximum Gasteiger partial charge on any atom is 0.115 e. The molecule has 0 aliphatic heterocycles. The average molecular weight is 301 g/mol. The molecule has 0 aliphatic carbocycles. The van der Waals surface area contributed by atoms with Gasteiger partial charge in [-0.25, -0.2) is 0 Å². The van der Waals surface area contributed by atoms with Crippen LogP contribution in [0.15, 0.2) is 54.6 Å². The van der Waals surface area contributed by atoms with Gasteiger partial charge in [-0.05, 0) is 48.6 Å². The second-order valence-corrected chi connectivity index (χ2v) is 6.27. The second-order valence-electron chi connectivity index (χ2n) is 5.28. The first-order valence-corrected chi connectivity index (χ1v) is 8.69. The molecule has 0 saturated carbocycles. The van der Waals surface area contributed by atoms with E-state index in [0.717, 1.165) is 12.2 Å². The summed E-state index contributed by atoms with van der Waals surface area (Å²) in [5, 5.41) is 13.2. The van der Waals surface area contributed by atoms with Crippen LogP contribution in [0.2, 0.25) is 0 Å². The van der Waals surface area contributed by atoms with Crippen molar-refractivity contribution < 1.29 is 5.11 Å². The minimum absolute atomic E-state index is 0.156. The van der Waals surface area contributed by atoms with Crippen LogP contribution < -0.4 is 5.32 Å². The minimum Gasteiger partial charge on any atom is -0.508 e. The number of hydrogen-bond donors (Lipinski definition) is 2. The molecule has 0 aliphatic rings. The van der Waals surface area contributed by atoms with E-state index in [-0.39, 0.29) is 6.04 Å². The molecule has 2 rings (SSSR count). The standard InChI is InChI=1S/C18H23NOS/c1-14(12-13-21-2)19-18(15-6-4-3-5-7-15)16-8-10-17(20)11-9-16/h3-11,14,18-20H,12-13H2,1-2H3. The number of hydrogen-bond acceptors (Lipinski definition) is 3. The maximum absolute atomic E-state index is 9.48. The lowest BCUT2D eigenvalue weighted by molar-refractivity contribution is 0.472. The third-order valence-corrected chi connectivity index (χ3v) is 4.21. The molecule has 0 fully saturated rings. The van der Waals surface area contributed by atoms with E-state index in [1.54, 1.807) is 12.1 Å². The van der Waals surface area contributed by atoms with Crippen LogP contribution in [0.4, 0.5) is 0 Å². The van der Waals surface area contributed by atoms with Gasteiger partial charge in [0.1, 0.15) is 5.75 Å². The van der Waals surface area contributed by atoms with Crippen LogP contribution in [-0.4, -0.2) is 23.2 Å². The van der Waals surface area contributed by atoms with Gasteiger partial charge in [-0.1, -0.05) is 42.5 Å². The fourth-order valence-electron chi connectivity index (χ4n) is 2.36. The van der Waals surface area contributed by atoms with Crippen LogP contribution >= 0.6 is 11.8 Å². The monoisotopic (exact) mass is 301 g/mol. The summed E-state index contributed by atoms with van der Waals surface area (Å²) in [6, 6.07) is 18.5. The Bertz CT molecular complexity index is 527. The Kier molecular flexibility index (Phi) is 6.15. The van der Waals surface area contributed by atoms with E-state index in [2.05, 4.69) is 42.8 Å². The fourth-order valence-corrected chi connectivity index (χ4v) is 2.95. The van der Waals surface area contributed by atoms with Gasteiger partial charge in [0.25, 0.3) is 0 Å². The van der Waals surface area contributed by atoms with Gasteiger partial charge in [0.15, 0.2) is 0 Å². The summed E-state index contributed by atoms with van der Waals surface area (Å²) in [5.74, 6) is 1.46. The highest BCUT2D eigenvalue weighted by molar-refractivity contribution is 7.98. The highest BCUT2D eigenvalue weighted by Gasteiger charge is 2.16. The van der Waals surface area contributed by atoms with Crippen LogP contribution in [0.25, 0.3) is 0 Å². The van der Waals surface area contributed by atoms with Gasteiger partial charge in [-0.3, -0.25) is 0 Å². The van der Waals surface area contributed by atoms with E-state index < -0.39 is 0 Å². The van der Waals surface area contributed by atoms with Crippen LogP contribution in [0.3, 0.4) is 0 Å². The van der Waals surface area contributed by atoms with Gasteiger partial charge < -0.3 is 10.4 Å². The van der Waals surface area contributed by atoms with Crippen molar-refractivity contribution in [3.8, 4) is 5.75 Å². The maximum atomic E-state index is 9.48. The van der Waals surface area contributed by atoms with Crippen LogP contribution in [0.1, 0.15) is 30.5 Å². The Labute approximate surface area is 131 Å². The molecule has 2 nitrogen and oxygen atoms in total. The molecule has 2 unspecified atom stereocenters. The zero-order valence-corrected chi connectivity index (χ0v) is 13.4. The summed E-state index contributed by atoms with van der Waals surface area (Å²) in [4.78, 5) is 0. The van der Waals surface area contributed by atoms with E-state index in [1.807, 2.05) is 30.0 Å². The molecule has 0 spiro atoms. The SMILES string of the molecule is CSCCC(C)NC(c1ccccc1)c1ccc(O)cc1. The van der Waals surface area contributed by atoms with Crippen LogP contribution in [0.5, 0.6) is 5.75 Å². The van der Waals surface area contributed by atoms with Crippen molar-refractivity contribution in [1.29, 1.82) is 0 Å². The van der Waals surface area contributed by atoms with E-state index in [9.17, 15) is 5.11 Å². The molecule has 2 atom stereocenters. The number of aromatic hydroxyl groups is 1. The van der Waals surface area contributed by atoms with E-state index >= 15 is 0 Å². The first-order chi connectivity index (χ1) is 10.2. The second kappa shape index (κ2) is 8.11. The van der Waals surface area contributed by atoms with Gasteiger partial charge >= 0.3 is 0 Å². The number of nitrogens with one attached hydrogen (secondary N) is 1. The lowest BCUT2D eigenvalue weighted by Crippen LogP contribution is -2.31. The van der Waals surface area contributed by atoms with E-state index in [1.165, 1.54) is 11.1 Å². The highest BCUT2D eigenvalue weighted by Crippen LogP contribution is 2.24. The Morgan fingerprint density at radius 3 is 2.24 bits per heavy atom. The van der Waals surface area contributed by atoms with E-state index in [0.29, 0.717) is 11.8 Å². The van der Waals surface area contributed by atoms with Crippen molar-refractivity contribution in [3.63, 3.8) is 0 Å². The molecule has 2 N–H and O–H groups in total. The Balaban J connectivity index is 2.20. The predicted octanol–water partition coefficient (Wildman–Crippen LogP) is 4.21. The Morgan fingerprint density at radius 1 is 1.00 bits per heavy atom. The lowest BCUT2D eigenvalue weighted by Gasteiger charge is -2.24. The van der Waals surface area contributed by atoms with Crippen LogP contribution in [0, 0.1) is 0 Å². The molecule has 112 valence electrons. The summed E-state index contributed by atoms with van der Waals surface area (Å²) >= 11 is 1.88. The first-order valence-electron chi connectivity index (χ1n) is 7.29. The third-order valence-electron chi connectivity index (χ3n) is 3.57. The topological polar surface area (TPSA) is 32.3 Å². The largest absolute Gasteiger partial charge is 0.508 e. The van der Waals surface area contributed by atoms with Crippen molar-refractivity contribution in [3.05, 3.63) is 65.7 Å². The van der Waals surface area contributed by atoms with Gasteiger partial charge in [-0.15, -0.1) is 0 Å². The number of rotatable bonds is 7.